The lowest BCUT2D eigenvalue weighted by Gasteiger charge is -2.30. The Morgan fingerprint density at radius 1 is 1.46 bits per heavy atom. The van der Waals surface area contributed by atoms with Crippen LogP contribution in [-0.4, -0.2) is 22.1 Å². The van der Waals surface area contributed by atoms with Gasteiger partial charge in [0, 0.05) is 11.8 Å². The van der Waals surface area contributed by atoms with Crippen LogP contribution in [0.1, 0.15) is 32.4 Å². The maximum Gasteiger partial charge on any atom is 0.338 e. The smallest absolute Gasteiger partial charge is 0.338 e. The quantitative estimate of drug-likeness (QED) is 0.364. The van der Waals surface area contributed by atoms with Gasteiger partial charge in [-0.3, -0.25) is 10.1 Å². The van der Waals surface area contributed by atoms with E-state index in [0.29, 0.717) is 21.9 Å². The third-order valence-electron chi connectivity index (χ3n) is 3.33. The van der Waals surface area contributed by atoms with E-state index >= 15 is 0 Å². The van der Waals surface area contributed by atoms with Gasteiger partial charge in [0.1, 0.15) is 5.02 Å². The summed E-state index contributed by atoms with van der Waals surface area (Å²) in [5, 5.41) is 17.3. The van der Waals surface area contributed by atoms with E-state index in [1.165, 1.54) is 12.1 Å². The molecule has 1 heterocycles. The van der Waals surface area contributed by atoms with Crippen molar-refractivity contribution in [1.82, 2.24) is 10.6 Å². The first-order chi connectivity index (χ1) is 11.2. The van der Waals surface area contributed by atoms with E-state index in [2.05, 4.69) is 10.6 Å². The zero-order chi connectivity index (χ0) is 18.0. The highest BCUT2D eigenvalue weighted by molar-refractivity contribution is 7.80. The number of hydrogen-bond acceptors (Lipinski definition) is 5. The molecule has 0 aliphatic carbocycles. The third-order valence-corrected chi connectivity index (χ3v) is 3.87. The molecule has 0 saturated heterocycles. The predicted molar refractivity (Wildman–Crippen MR) is 93.6 cm³/mol. The number of nitrogens with one attached hydrogen (secondary N) is 2. The molecule has 128 valence electrons. The van der Waals surface area contributed by atoms with Gasteiger partial charge in [0.25, 0.3) is 5.69 Å². The molecule has 0 aromatic heterocycles. The Hall–Kier alpha value is -2.19. The Balaban J connectivity index is 2.51. The fraction of sp³-hybridized carbons (Fsp3) is 0.333. The average molecular weight is 370 g/mol. The topological polar surface area (TPSA) is 93.5 Å². The normalized spacial score (nSPS) is 17.4. The summed E-state index contributed by atoms with van der Waals surface area (Å²) in [5.74, 6) is -0.521. The number of allylic oxidation sites excluding steroid dienone is 1. The van der Waals surface area contributed by atoms with E-state index in [4.69, 9.17) is 28.6 Å². The monoisotopic (exact) mass is 369 g/mol. The number of carbonyl (C=O) groups is 1. The van der Waals surface area contributed by atoms with Crippen molar-refractivity contribution >= 4 is 40.6 Å². The Bertz CT molecular complexity index is 748. The second-order valence-electron chi connectivity index (χ2n) is 5.49. The number of rotatable bonds is 4. The first-order valence-electron chi connectivity index (χ1n) is 7.13. The number of benzene rings is 1. The van der Waals surface area contributed by atoms with Crippen LogP contribution in [0.2, 0.25) is 5.02 Å². The van der Waals surface area contributed by atoms with Gasteiger partial charge in [0.15, 0.2) is 5.11 Å². The van der Waals surface area contributed by atoms with E-state index in [0.717, 1.165) is 0 Å². The average Bonchev–Trinajstić information content (AvgIpc) is 2.45. The summed E-state index contributed by atoms with van der Waals surface area (Å²) in [6.45, 7) is 5.18. The van der Waals surface area contributed by atoms with E-state index in [1.54, 1.807) is 26.8 Å². The molecule has 1 aliphatic heterocycles. The van der Waals surface area contributed by atoms with Crippen LogP contribution < -0.4 is 10.6 Å². The van der Waals surface area contributed by atoms with Crippen LogP contribution in [0.5, 0.6) is 0 Å². The zero-order valence-corrected chi connectivity index (χ0v) is 14.8. The van der Waals surface area contributed by atoms with Crippen LogP contribution in [0.3, 0.4) is 0 Å². The molecular formula is C15H16ClN3O4S. The maximum atomic E-state index is 12.4. The molecule has 1 aliphatic rings. The molecule has 0 saturated carbocycles. The van der Waals surface area contributed by atoms with Crippen molar-refractivity contribution in [2.75, 3.05) is 0 Å². The van der Waals surface area contributed by atoms with Crippen molar-refractivity contribution in [3.05, 3.63) is 50.2 Å². The van der Waals surface area contributed by atoms with Gasteiger partial charge in [-0.15, -0.1) is 0 Å². The summed E-state index contributed by atoms with van der Waals surface area (Å²) in [5.41, 5.74) is 1.10. The number of nitrogens with zero attached hydrogens (tertiary/aromatic N) is 1. The Morgan fingerprint density at radius 2 is 2.12 bits per heavy atom. The van der Waals surface area contributed by atoms with Crippen molar-refractivity contribution in [3.63, 3.8) is 0 Å². The number of halogens is 1. The van der Waals surface area contributed by atoms with Crippen LogP contribution in [0.15, 0.2) is 29.5 Å². The van der Waals surface area contributed by atoms with Crippen LogP contribution in [0, 0.1) is 10.1 Å². The largest absolute Gasteiger partial charge is 0.459 e. The fourth-order valence-electron chi connectivity index (χ4n) is 2.34. The van der Waals surface area contributed by atoms with E-state index < -0.39 is 16.9 Å². The van der Waals surface area contributed by atoms with Crippen molar-refractivity contribution in [2.45, 2.75) is 32.9 Å². The van der Waals surface area contributed by atoms with Crippen molar-refractivity contribution in [1.29, 1.82) is 0 Å². The summed E-state index contributed by atoms with van der Waals surface area (Å²) >= 11 is 11.0. The molecule has 0 unspecified atom stereocenters. The maximum absolute atomic E-state index is 12.4. The van der Waals surface area contributed by atoms with Crippen LogP contribution in [-0.2, 0) is 9.53 Å². The molecule has 0 bridgehead atoms. The van der Waals surface area contributed by atoms with Gasteiger partial charge >= 0.3 is 5.97 Å². The number of hydrogen-bond donors (Lipinski definition) is 2. The third kappa shape index (κ3) is 3.82. The first kappa shape index (κ1) is 18.2. The van der Waals surface area contributed by atoms with Crippen molar-refractivity contribution in [2.24, 2.45) is 0 Å². The van der Waals surface area contributed by atoms with Crippen LogP contribution in [0.25, 0.3) is 0 Å². The Morgan fingerprint density at radius 3 is 2.71 bits per heavy atom. The number of nitro benzene ring substituents is 1. The van der Waals surface area contributed by atoms with E-state index in [1.807, 2.05) is 0 Å². The number of thiocarbonyl (C=S) groups is 1. The van der Waals surface area contributed by atoms with Gasteiger partial charge in [-0.2, -0.15) is 0 Å². The first-order valence-corrected chi connectivity index (χ1v) is 7.92. The molecule has 0 spiro atoms. The lowest BCUT2D eigenvalue weighted by Crippen LogP contribution is -2.45. The van der Waals surface area contributed by atoms with Gasteiger partial charge in [-0.1, -0.05) is 17.7 Å². The lowest BCUT2D eigenvalue weighted by molar-refractivity contribution is -0.384. The highest BCUT2D eigenvalue weighted by atomic mass is 35.5. The number of esters is 1. The standard InChI is InChI=1S/C15H16ClN3O4S/c1-7(2)23-14(20)12-8(3)17-15(24)18-13(12)9-4-5-10(16)11(6-9)19(21)22/h4-7,13H,1-3H3,(H2,17,18,24)/t13-/m1/s1. The number of ether oxygens (including phenoxy) is 1. The van der Waals surface area contributed by atoms with Gasteiger partial charge in [0.05, 0.1) is 22.6 Å². The molecule has 0 fully saturated rings. The highest BCUT2D eigenvalue weighted by Gasteiger charge is 2.32. The summed E-state index contributed by atoms with van der Waals surface area (Å²) in [6.07, 6.45) is -0.299. The number of nitro groups is 1. The van der Waals surface area contributed by atoms with E-state index in [-0.39, 0.29) is 16.8 Å². The molecule has 9 heteroatoms. The Labute approximate surface area is 149 Å². The molecule has 24 heavy (non-hydrogen) atoms. The fourth-order valence-corrected chi connectivity index (χ4v) is 2.80. The molecular weight excluding hydrogens is 354 g/mol. The van der Waals surface area contributed by atoms with E-state index in [9.17, 15) is 14.9 Å². The summed E-state index contributed by atoms with van der Waals surface area (Å²) < 4.78 is 5.27. The highest BCUT2D eigenvalue weighted by Crippen LogP contribution is 2.33. The van der Waals surface area contributed by atoms with Crippen LogP contribution in [0.4, 0.5) is 5.69 Å². The molecule has 1 aromatic rings. The van der Waals surface area contributed by atoms with Gasteiger partial charge < -0.3 is 15.4 Å². The predicted octanol–water partition coefficient (Wildman–Crippen LogP) is 2.99. The molecule has 1 atom stereocenters. The molecule has 1 aromatic carbocycles. The molecule has 2 rings (SSSR count). The molecule has 0 amide bonds. The zero-order valence-electron chi connectivity index (χ0n) is 13.3. The van der Waals surface area contributed by atoms with Gasteiger partial charge in [-0.05, 0) is 44.6 Å². The summed E-state index contributed by atoms with van der Waals surface area (Å²) in [7, 11) is 0. The van der Waals surface area contributed by atoms with Crippen molar-refractivity contribution in [3.8, 4) is 0 Å². The molecule has 0 radical (unpaired) electrons. The molecule has 7 nitrogen and oxygen atoms in total. The lowest BCUT2D eigenvalue weighted by atomic mass is 9.95. The second-order valence-corrected chi connectivity index (χ2v) is 6.31. The van der Waals surface area contributed by atoms with Gasteiger partial charge in [-0.25, -0.2) is 4.79 Å². The minimum Gasteiger partial charge on any atom is -0.459 e. The molecule has 2 N–H and O–H groups in total. The van der Waals surface area contributed by atoms with Gasteiger partial charge in [0.2, 0.25) is 0 Å². The Kier molecular flexibility index (Phi) is 5.40. The SMILES string of the molecule is CC1=C(C(=O)OC(C)C)[C@@H](c2ccc(Cl)c([N+](=O)[O-])c2)NC(=S)N1. The summed E-state index contributed by atoms with van der Waals surface area (Å²) in [6, 6.07) is 3.68. The minimum absolute atomic E-state index is 0.0206. The summed E-state index contributed by atoms with van der Waals surface area (Å²) in [4.78, 5) is 23.0. The van der Waals surface area contributed by atoms with Crippen molar-refractivity contribution < 1.29 is 14.5 Å². The minimum atomic E-state index is -0.666. The second kappa shape index (κ2) is 7.14. The number of carbonyl (C=O) groups excluding carboxylic acids is 1. The van der Waals surface area contributed by atoms with Crippen LogP contribution >= 0.6 is 23.8 Å².